The number of piperidine rings is 1. The van der Waals surface area contributed by atoms with E-state index in [9.17, 15) is 10.1 Å². The molecule has 0 amide bonds. The minimum absolute atomic E-state index is 0.0309. The van der Waals surface area contributed by atoms with E-state index in [0.717, 1.165) is 13.0 Å². The highest BCUT2D eigenvalue weighted by Crippen LogP contribution is 2.25. The number of aromatic nitrogens is 1. The Hall–Kier alpha value is -1.89. The van der Waals surface area contributed by atoms with Crippen LogP contribution in [-0.2, 0) is 0 Å². The fraction of sp³-hybridized carbons (Fsp3) is 0.583. The van der Waals surface area contributed by atoms with E-state index in [1.54, 1.807) is 0 Å². The molecule has 0 spiro atoms. The quantitative estimate of drug-likeness (QED) is 0.621. The van der Waals surface area contributed by atoms with Gasteiger partial charge in [-0.2, -0.15) is 4.98 Å². The van der Waals surface area contributed by atoms with Gasteiger partial charge in [0.2, 0.25) is 11.7 Å². The van der Waals surface area contributed by atoms with Crippen molar-refractivity contribution < 1.29 is 9.66 Å². The molecular formula is C12H18N4O3. The van der Waals surface area contributed by atoms with Crippen LogP contribution in [0.5, 0.6) is 5.88 Å². The molecule has 0 radical (unpaired) electrons. The van der Waals surface area contributed by atoms with Crippen LogP contribution in [0.4, 0.5) is 11.5 Å². The van der Waals surface area contributed by atoms with Crippen molar-refractivity contribution in [2.45, 2.75) is 25.3 Å². The minimum Gasteiger partial charge on any atom is -0.481 e. The van der Waals surface area contributed by atoms with Crippen molar-refractivity contribution in [3.8, 4) is 5.88 Å². The van der Waals surface area contributed by atoms with Gasteiger partial charge in [-0.3, -0.25) is 10.1 Å². The van der Waals surface area contributed by atoms with Gasteiger partial charge in [-0.25, -0.2) is 0 Å². The van der Waals surface area contributed by atoms with Gasteiger partial charge in [-0.05, 0) is 19.4 Å². The van der Waals surface area contributed by atoms with E-state index in [-0.39, 0.29) is 11.5 Å². The van der Waals surface area contributed by atoms with E-state index >= 15 is 0 Å². The van der Waals surface area contributed by atoms with E-state index in [4.69, 9.17) is 4.74 Å². The Kier molecular flexibility index (Phi) is 4.51. The molecule has 7 nitrogen and oxygen atoms in total. The van der Waals surface area contributed by atoms with Crippen LogP contribution in [0.3, 0.4) is 0 Å². The summed E-state index contributed by atoms with van der Waals surface area (Å²) in [6, 6.07) is 3.23. The molecule has 2 N–H and O–H groups in total. The monoisotopic (exact) mass is 266 g/mol. The lowest BCUT2D eigenvalue weighted by atomic mass is 10.1. The zero-order valence-electron chi connectivity index (χ0n) is 10.9. The predicted octanol–water partition coefficient (Wildman–Crippen LogP) is 1.55. The number of ether oxygens (including phenoxy) is 1. The maximum Gasteiger partial charge on any atom is 0.311 e. The zero-order valence-corrected chi connectivity index (χ0v) is 10.9. The molecule has 2 rings (SSSR count). The van der Waals surface area contributed by atoms with Crippen LogP contribution in [0, 0.1) is 10.1 Å². The van der Waals surface area contributed by atoms with Crippen molar-refractivity contribution in [3.63, 3.8) is 0 Å². The number of nitro groups is 1. The Morgan fingerprint density at radius 1 is 1.58 bits per heavy atom. The van der Waals surface area contributed by atoms with Gasteiger partial charge in [0.1, 0.15) is 0 Å². The van der Waals surface area contributed by atoms with Crippen molar-refractivity contribution >= 4 is 11.5 Å². The molecule has 0 aliphatic carbocycles. The van der Waals surface area contributed by atoms with Gasteiger partial charge in [-0.1, -0.05) is 6.42 Å². The van der Waals surface area contributed by atoms with Crippen molar-refractivity contribution in [1.29, 1.82) is 0 Å². The molecule has 1 aliphatic heterocycles. The normalized spacial score (nSPS) is 18.9. The minimum atomic E-state index is -0.441. The molecule has 1 atom stereocenters. The smallest absolute Gasteiger partial charge is 0.311 e. The molecule has 19 heavy (non-hydrogen) atoms. The molecule has 0 aromatic carbocycles. The van der Waals surface area contributed by atoms with Crippen LogP contribution in [0.1, 0.15) is 19.3 Å². The van der Waals surface area contributed by atoms with E-state index in [1.807, 2.05) is 0 Å². The summed E-state index contributed by atoms with van der Waals surface area (Å²) in [5, 5.41) is 17.4. The molecule has 2 heterocycles. The number of methoxy groups -OCH3 is 1. The topological polar surface area (TPSA) is 89.3 Å². The highest BCUT2D eigenvalue weighted by molar-refractivity contribution is 5.57. The maximum absolute atomic E-state index is 10.9. The third-order valence-corrected chi connectivity index (χ3v) is 3.18. The Morgan fingerprint density at radius 2 is 2.42 bits per heavy atom. The summed E-state index contributed by atoms with van der Waals surface area (Å²) in [6.07, 6.45) is 3.45. The molecule has 0 saturated carbocycles. The lowest BCUT2D eigenvalue weighted by Gasteiger charge is -2.23. The van der Waals surface area contributed by atoms with Crippen molar-refractivity contribution in [3.05, 3.63) is 22.2 Å². The van der Waals surface area contributed by atoms with Gasteiger partial charge < -0.3 is 15.4 Å². The second kappa shape index (κ2) is 6.33. The number of hydrogen-bond donors (Lipinski definition) is 2. The van der Waals surface area contributed by atoms with Crippen LogP contribution >= 0.6 is 0 Å². The largest absolute Gasteiger partial charge is 0.481 e. The number of hydrogen-bond acceptors (Lipinski definition) is 6. The molecule has 7 heteroatoms. The van der Waals surface area contributed by atoms with Gasteiger partial charge in [0.05, 0.1) is 12.0 Å². The fourth-order valence-corrected chi connectivity index (χ4v) is 2.14. The first-order valence-corrected chi connectivity index (χ1v) is 6.37. The van der Waals surface area contributed by atoms with Gasteiger partial charge in [0.15, 0.2) is 0 Å². The Morgan fingerprint density at radius 3 is 3.05 bits per heavy atom. The number of rotatable bonds is 5. The van der Waals surface area contributed by atoms with Gasteiger partial charge in [0.25, 0.3) is 0 Å². The lowest BCUT2D eigenvalue weighted by Crippen LogP contribution is -2.39. The second-order valence-electron chi connectivity index (χ2n) is 4.51. The highest BCUT2D eigenvalue weighted by atomic mass is 16.6. The molecule has 1 aromatic rings. The van der Waals surface area contributed by atoms with Crippen LogP contribution < -0.4 is 15.4 Å². The number of anilines is 1. The Balaban J connectivity index is 2.06. The van der Waals surface area contributed by atoms with E-state index in [0.29, 0.717) is 18.5 Å². The average Bonchev–Trinajstić information content (AvgIpc) is 2.45. The first kappa shape index (κ1) is 13.5. The number of pyridine rings is 1. The standard InChI is InChI=1S/C12H18N4O3/c1-19-11-6-5-10(16(17)18)12(15-11)14-8-9-4-2-3-7-13-9/h5-6,9,13H,2-4,7-8H2,1H3,(H,14,15). The molecule has 0 bridgehead atoms. The van der Waals surface area contributed by atoms with E-state index < -0.39 is 4.92 Å². The zero-order chi connectivity index (χ0) is 13.7. The van der Waals surface area contributed by atoms with E-state index in [1.165, 1.54) is 32.1 Å². The summed E-state index contributed by atoms with van der Waals surface area (Å²) in [5.41, 5.74) is -0.0309. The summed E-state index contributed by atoms with van der Waals surface area (Å²) < 4.78 is 4.99. The average molecular weight is 266 g/mol. The first-order valence-electron chi connectivity index (χ1n) is 6.37. The Labute approximate surface area is 111 Å². The van der Waals surface area contributed by atoms with Crippen LogP contribution in [0.2, 0.25) is 0 Å². The summed E-state index contributed by atoms with van der Waals surface area (Å²) in [7, 11) is 1.49. The Bertz CT molecular complexity index is 447. The predicted molar refractivity (Wildman–Crippen MR) is 71.6 cm³/mol. The summed E-state index contributed by atoms with van der Waals surface area (Å²) in [4.78, 5) is 14.6. The maximum atomic E-state index is 10.9. The molecule has 1 aliphatic rings. The molecule has 1 fully saturated rings. The van der Waals surface area contributed by atoms with Crippen molar-refractivity contribution in [1.82, 2.24) is 10.3 Å². The SMILES string of the molecule is COc1ccc([N+](=O)[O-])c(NCC2CCCCN2)n1. The fourth-order valence-electron chi connectivity index (χ4n) is 2.14. The first-order chi connectivity index (χ1) is 9.20. The molecule has 104 valence electrons. The van der Waals surface area contributed by atoms with Crippen molar-refractivity contribution in [2.75, 3.05) is 25.5 Å². The van der Waals surface area contributed by atoms with Crippen molar-refractivity contribution in [2.24, 2.45) is 0 Å². The highest BCUT2D eigenvalue weighted by Gasteiger charge is 2.18. The van der Waals surface area contributed by atoms with Crippen LogP contribution in [0.25, 0.3) is 0 Å². The summed E-state index contributed by atoms with van der Waals surface area (Å²) >= 11 is 0. The van der Waals surface area contributed by atoms with Gasteiger partial charge in [-0.15, -0.1) is 0 Å². The number of nitrogens with zero attached hydrogens (tertiary/aromatic N) is 2. The molecule has 1 saturated heterocycles. The molecular weight excluding hydrogens is 248 g/mol. The van der Waals surface area contributed by atoms with Crippen LogP contribution in [-0.4, -0.2) is 36.1 Å². The van der Waals surface area contributed by atoms with Gasteiger partial charge in [0, 0.05) is 24.7 Å². The summed E-state index contributed by atoms with van der Waals surface area (Å²) in [5.74, 6) is 0.626. The van der Waals surface area contributed by atoms with E-state index in [2.05, 4.69) is 15.6 Å². The van der Waals surface area contributed by atoms with Crippen LogP contribution in [0.15, 0.2) is 12.1 Å². The number of nitrogens with one attached hydrogen (secondary N) is 2. The molecule has 1 aromatic heterocycles. The third kappa shape index (κ3) is 3.54. The summed E-state index contributed by atoms with van der Waals surface area (Å²) in [6.45, 7) is 1.63. The molecule has 1 unspecified atom stereocenters. The third-order valence-electron chi connectivity index (χ3n) is 3.18. The van der Waals surface area contributed by atoms with Gasteiger partial charge >= 0.3 is 5.69 Å². The second-order valence-corrected chi connectivity index (χ2v) is 4.51. The lowest BCUT2D eigenvalue weighted by molar-refractivity contribution is -0.384.